The first kappa shape index (κ1) is 12.8. The van der Waals surface area contributed by atoms with Gasteiger partial charge in [0.1, 0.15) is 6.73 Å². The van der Waals surface area contributed by atoms with Crippen LogP contribution in [0.1, 0.15) is 11.3 Å². The van der Waals surface area contributed by atoms with Crippen molar-refractivity contribution in [3.05, 3.63) is 23.7 Å². The fourth-order valence-electron chi connectivity index (χ4n) is 1.94. The van der Waals surface area contributed by atoms with Crippen molar-refractivity contribution in [1.82, 2.24) is 9.55 Å². The summed E-state index contributed by atoms with van der Waals surface area (Å²) in [6.45, 7) is 4.66. The van der Waals surface area contributed by atoms with Crippen LogP contribution in [0.2, 0.25) is 0 Å². The third-order valence-corrected chi connectivity index (χ3v) is 2.83. The summed E-state index contributed by atoms with van der Waals surface area (Å²) in [7, 11) is 1.68. The van der Waals surface area contributed by atoms with Crippen molar-refractivity contribution in [1.29, 1.82) is 0 Å². The second-order valence-electron chi connectivity index (χ2n) is 3.68. The van der Waals surface area contributed by atoms with Crippen molar-refractivity contribution in [2.45, 2.75) is 20.6 Å². The number of anilines is 1. The fraction of sp³-hybridized carbons (Fsp3) is 0.364. The number of nitrogens with two attached hydrogens (primary N) is 1. The van der Waals surface area contributed by atoms with Gasteiger partial charge in [-0.05, 0) is 19.4 Å². The number of nitrogens with zero attached hydrogens (tertiary/aromatic N) is 2. The minimum atomic E-state index is 0. The monoisotopic (exact) mass is 241 g/mol. The summed E-state index contributed by atoms with van der Waals surface area (Å²) < 4.78 is 7.24. The molecule has 0 saturated carbocycles. The largest absolute Gasteiger partial charge is 0.397 e. The molecule has 0 unspecified atom stereocenters. The van der Waals surface area contributed by atoms with Crippen LogP contribution in [0.3, 0.4) is 0 Å². The van der Waals surface area contributed by atoms with E-state index in [0.29, 0.717) is 6.73 Å². The van der Waals surface area contributed by atoms with E-state index in [1.807, 2.05) is 6.20 Å². The second-order valence-corrected chi connectivity index (χ2v) is 3.68. The van der Waals surface area contributed by atoms with E-state index >= 15 is 0 Å². The zero-order chi connectivity index (χ0) is 11.0. The van der Waals surface area contributed by atoms with Crippen molar-refractivity contribution in [3.63, 3.8) is 0 Å². The van der Waals surface area contributed by atoms with Gasteiger partial charge in [0.25, 0.3) is 0 Å². The summed E-state index contributed by atoms with van der Waals surface area (Å²) in [6.07, 6.45) is 3.51. The zero-order valence-corrected chi connectivity index (χ0v) is 10.5. The van der Waals surface area contributed by atoms with Gasteiger partial charge in [0.15, 0.2) is 0 Å². The molecule has 2 N–H and O–H groups in total. The van der Waals surface area contributed by atoms with E-state index in [4.69, 9.17) is 10.5 Å². The van der Waals surface area contributed by atoms with Crippen LogP contribution in [0, 0.1) is 13.8 Å². The molecule has 0 fully saturated rings. The first-order valence-electron chi connectivity index (χ1n) is 4.84. The maximum absolute atomic E-state index is 5.92. The van der Waals surface area contributed by atoms with Gasteiger partial charge in [0.05, 0.1) is 23.6 Å². The van der Waals surface area contributed by atoms with Gasteiger partial charge in [-0.1, -0.05) is 0 Å². The number of rotatable bonds is 2. The Hall–Kier alpha value is -1.26. The third-order valence-electron chi connectivity index (χ3n) is 2.83. The van der Waals surface area contributed by atoms with Gasteiger partial charge in [-0.25, -0.2) is 0 Å². The van der Waals surface area contributed by atoms with E-state index in [-0.39, 0.29) is 12.4 Å². The summed E-state index contributed by atoms with van der Waals surface area (Å²) >= 11 is 0. The number of fused-ring (bicyclic) bond motifs is 1. The van der Waals surface area contributed by atoms with Crippen LogP contribution in [0.5, 0.6) is 0 Å². The Morgan fingerprint density at radius 2 is 2.06 bits per heavy atom. The molecule has 0 saturated heterocycles. The van der Waals surface area contributed by atoms with Gasteiger partial charge in [-0.2, -0.15) is 0 Å². The van der Waals surface area contributed by atoms with Crippen molar-refractivity contribution in [2.24, 2.45) is 0 Å². The topological polar surface area (TPSA) is 53.1 Å². The molecular formula is C11H16ClN3O. The average Bonchev–Trinajstić information content (AvgIpc) is 2.45. The first-order chi connectivity index (χ1) is 7.16. The maximum Gasteiger partial charge on any atom is 0.122 e. The maximum atomic E-state index is 5.92. The Balaban J connectivity index is 0.00000128. The summed E-state index contributed by atoms with van der Waals surface area (Å²) in [5.41, 5.74) is 10.0. The number of nitrogen functional groups attached to an aromatic ring is 1. The third kappa shape index (κ3) is 1.74. The Kier molecular flexibility index (Phi) is 3.78. The van der Waals surface area contributed by atoms with Crippen LogP contribution in [-0.2, 0) is 11.5 Å². The van der Waals surface area contributed by atoms with Gasteiger partial charge in [0, 0.05) is 18.2 Å². The van der Waals surface area contributed by atoms with Gasteiger partial charge < -0.3 is 15.0 Å². The molecule has 0 spiro atoms. The Labute approximate surface area is 101 Å². The highest BCUT2D eigenvalue weighted by Gasteiger charge is 2.12. The molecule has 0 radical (unpaired) electrons. The minimum Gasteiger partial charge on any atom is -0.397 e. The van der Waals surface area contributed by atoms with Gasteiger partial charge in [-0.15, -0.1) is 12.4 Å². The summed E-state index contributed by atoms with van der Waals surface area (Å²) in [6, 6.07) is 0. The number of methoxy groups -OCH3 is 1. The standard InChI is InChI=1S/C11H15N3O.ClH/c1-7-8(2)14(6-15-3)10-5-13-4-9(12)11(7)10;/h4-5H,6,12H2,1-3H3;1H. The van der Waals surface area contributed by atoms with Crippen LogP contribution in [0.25, 0.3) is 10.9 Å². The van der Waals surface area contributed by atoms with Crippen LogP contribution in [0.15, 0.2) is 12.4 Å². The first-order valence-corrected chi connectivity index (χ1v) is 4.84. The number of hydrogen-bond acceptors (Lipinski definition) is 3. The molecule has 5 heteroatoms. The lowest BCUT2D eigenvalue weighted by Crippen LogP contribution is -2.01. The molecule has 0 aliphatic rings. The van der Waals surface area contributed by atoms with Crippen molar-refractivity contribution < 1.29 is 4.74 Å². The molecule has 2 aromatic heterocycles. The molecule has 88 valence electrons. The van der Waals surface area contributed by atoms with Crippen LogP contribution in [-0.4, -0.2) is 16.7 Å². The summed E-state index contributed by atoms with van der Waals surface area (Å²) in [4.78, 5) is 4.11. The summed E-state index contributed by atoms with van der Waals surface area (Å²) in [5, 5.41) is 1.08. The van der Waals surface area contributed by atoms with Crippen molar-refractivity contribution in [3.8, 4) is 0 Å². The van der Waals surface area contributed by atoms with Gasteiger partial charge in [-0.3, -0.25) is 4.98 Å². The molecule has 0 bridgehead atoms. The lowest BCUT2D eigenvalue weighted by atomic mass is 10.2. The molecule has 0 aliphatic carbocycles. The van der Waals surface area contributed by atoms with Crippen molar-refractivity contribution in [2.75, 3.05) is 12.8 Å². The number of pyridine rings is 1. The number of aromatic nitrogens is 2. The number of halogens is 1. The van der Waals surface area contributed by atoms with Crippen LogP contribution in [0.4, 0.5) is 5.69 Å². The fourth-order valence-corrected chi connectivity index (χ4v) is 1.94. The lowest BCUT2D eigenvalue weighted by molar-refractivity contribution is 0.133. The number of aryl methyl sites for hydroxylation is 1. The lowest BCUT2D eigenvalue weighted by Gasteiger charge is -2.05. The molecule has 0 atom stereocenters. The van der Waals surface area contributed by atoms with Gasteiger partial charge in [0.2, 0.25) is 0 Å². The highest BCUT2D eigenvalue weighted by atomic mass is 35.5. The Morgan fingerprint density at radius 1 is 1.38 bits per heavy atom. The molecule has 2 rings (SSSR count). The Bertz CT molecular complexity index is 507. The molecule has 0 aromatic carbocycles. The van der Waals surface area contributed by atoms with E-state index in [1.165, 1.54) is 11.3 Å². The summed E-state index contributed by atoms with van der Waals surface area (Å²) in [5.74, 6) is 0. The molecule has 0 aliphatic heterocycles. The Morgan fingerprint density at radius 3 is 2.69 bits per heavy atom. The molecule has 16 heavy (non-hydrogen) atoms. The predicted molar refractivity (Wildman–Crippen MR) is 67.9 cm³/mol. The molecule has 4 nitrogen and oxygen atoms in total. The SMILES string of the molecule is COCn1c(C)c(C)c2c(N)cncc21.Cl. The molecular weight excluding hydrogens is 226 g/mol. The number of hydrogen-bond donors (Lipinski definition) is 1. The highest BCUT2D eigenvalue weighted by Crippen LogP contribution is 2.28. The quantitative estimate of drug-likeness (QED) is 0.878. The molecule has 2 aromatic rings. The second kappa shape index (κ2) is 4.72. The predicted octanol–water partition coefficient (Wildman–Crippen LogP) is 2.26. The molecule has 2 heterocycles. The zero-order valence-electron chi connectivity index (χ0n) is 9.65. The molecule has 0 amide bonds. The van der Waals surface area contributed by atoms with Crippen molar-refractivity contribution >= 4 is 29.0 Å². The van der Waals surface area contributed by atoms with Crippen LogP contribution < -0.4 is 5.73 Å². The highest BCUT2D eigenvalue weighted by molar-refractivity contribution is 5.94. The normalized spacial score (nSPS) is 10.4. The van der Waals surface area contributed by atoms with E-state index in [9.17, 15) is 0 Å². The average molecular weight is 242 g/mol. The van der Waals surface area contributed by atoms with Crippen LogP contribution >= 0.6 is 12.4 Å². The van der Waals surface area contributed by atoms with E-state index < -0.39 is 0 Å². The number of ether oxygens (including phenoxy) is 1. The smallest absolute Gasteiger partial charge is 0.122 e. The van der Waals surface area contributed by atoms with E-state index in [2.05, 4.69) is 23.4 Å². The van der Waals surface area contributed by atoms with Gasteiger partial charge >= 0.3 is 0 Å². The van der Waals surface area contributed by atoms with E-state index in [1.54, 1.807) is 13.3 Å². The minimum absolute atomic E-state index is 0. The van der Waals surface area contributed by atoms with E-state index in [0.717, 1.165) is 16.6 Å².